The zero-order chi connectivity index (χ0) is 6.85. The van der Waals surface area contributed by atoms with Crippen molar-refractivity contribution in [1.82, 2.24) is 0 Å². The van der Waals surface area contributed by atoms with Crippen molar-refractivity contribution in [2.24, 2.45) is 0 Å². The van der Waals surface area contributed by atoms with E-state index < -0.39 is 0 Å². The summed E-state index contributed by atoms with van der Waals surface area (Å²) in [6.07, 6.45) is 1.69. The third kappa shape index (κ3) is 1.09. The van der Waals surface area contributed by atoms with Crippen LogP contribution in [0.3, 0.4) is 0 Å². The van der Waals surface area contributed by atoms with Crippen molar-refractivity contribution in [2.75, 3.05) is 7.11 Å². The van der Waals surface area contributed by atoms with Gasteiger partial charge < -0.3 is 4.37 Å². The van der Waals surface area contributed by atoms with Gasteiger partial charge in [-0.1, -0.05) is 9.59 Å². The first kappa shape index (κ1) is 6.26. The maximum absolute atomic E-state index is 10.7. The van der Waals surface area contributed by atoms with Gasteiger partial charge in [0.05, 0.1) is 20.0 Å². The second-order valence-electron chi connectivity index (χ2n) is 2.11. The maximum atomic E-state index is 10.7. The highest BCUT2D eigenvalue weighted by Gasteiger charge is 2.28. The van der Waals surface area contributed by atoms with E-state index in [0.29, 0.717) is 19.3 Å². The predicted molar refractivity (Wildman–Crippen MR) is 30.9 cm³/mol. The largest absolute Gasteiger partial charge is 0.495 e. The zero-order valence-corrected chi connectivity index (χ0v) is 5.35. The number of rotatable bonds is 0. The van der Waals surface area contributed by atoms with Gasteiger partial charge in [-0.2, -0.15) is 0 Å². The summed E-state index contributed by atoms with van der Waals surface area (Å²) in [5.41, 5.74) is 0. The van der Waals surface area contributed by atoms with Crippen molar-refractivity contribution >= 4 is 11.9 Å². The summed E-state index contributed by atoms with van der Waals surface area (Å²) < 4.78 is 1.95. The van der Waals surface area contributed by atoms with Gasteiger partial charge in [0, 0.05) is 0 Å². The maximum Gasteiger partial charge on any atom is 0.445 e. The summed E-state index contributed by atoms with van der Waals surface area (Å²) in [6, 6.07) is 0. The van der Waals surface area contributed by atoms with Crippen LogP contribution in [0.1, 0.15) is 19.3 Å². The first-order valence-corrected chi connectivity index (χ1v) is 2.93. The van der Waals surface area contributed by atoms with Crippen LogP contribution in [0.5, 0.6) is 0 Å². The Balaban J connectivity index is 2.62. The zero-order valence-electron chi connectivity index (χ0n) is 5.35. The van der Waals surface area contributed by atoms with Crippen LogP contribution in [0.15, 0.2) is 0 Å². The fourth-order valence-electron chi connectivity index (χ4n) is 0.810. The smallest absolute Gasteiger partial charge is 0.445 e. The van der Waals surface area contributed by atoms with Gasteiger partial charge in [0.25, 0.3) is 0 Å². The van der Waals surface area contributed by atoms with Crippen LogP contribution in [0, 0.1) is 0 Å². The molecule has 3 nitrogen and oxygen atoms in total. The van der Waals surface area contributed by atoms with Crippen molar-refractivity contribution in [2.45, 2.75) is 19.3 Å². The van der Waals surface area contributed by atoms with Gasteiger partial charge in [-0.3, -0.25) is 0 Å². The fraction of sp³-hybridized carbons (Fsp3) is 0.667. The molecule has 50 valence electrons. The Hall–Kier alpha value is -0.860. The highest BCUT2D eigenvalue weighted by Crippen LogP contribution is 2.12. The molecule has 0 unspecified atom stereocenters. The molecule has 0 aromatic carbocycles. The SMILES string of the molecule is C[O+]1C(=O)CCCC1=O. The standard InChI is InChI=1S/C6H9O3/c1-9-5(7)3-2-4-6(9)8/h2-4H2,1H3/q+1. The molecule has 0 N–H and O–H groups in total. The predicted octanol–water partition coefficient (Wildman–Crippen LogP) is 0.406. The molecule has 0 aromatic heterocycles. The number of carbonyl (C=O) groups excluding carboxylic acids is 2. The van der Waals surface area contributed by atoms with Crippen molar-refractivity contribution in [3.8, 4) is 0 Å². The van der Waals surface area contributed by atoms with E-state index in [9.17, 15) is 9.59 Å². The quantitative estimate of drug-likeness (QED) is 0.270. The van der Waals surface area contributed by atoms with E-state index in [2.05, 4.69) is 0 Å². The van der Waals surface area contributed by atoms with Crippen LogP contribution in [0.25, 0.3) is 0 Å². The molecule has 1 fully saturated rings. The van der Waals surface area contributed by atoms with Gasteiger partial charge in [-0.25, -0.2) is 0 Å². The molecular formula is C6H9O3+. The Bertz CT molecular complexity index is 134. The summed E-state index contributed by atoms with van der Waals surface area (Å²) in [5.74, 6) is -0.266. The Morgan fingerprint density at radius 2 is 1.67 bits per heavy atom. The van der Waals surface area contributed by atoms with Crippen LogP contribution >= 0.6 is 0 Å². The van der Waals surface area contributed by atoms with E-state index in [-0.39, 0.29) is 11.9 Å². The molecule has 0 spiro atoms. The molecule has 1 saturated heterocycles. The van der Waals surface area contributed by atoms with Crippen molar-refractivity contribution in [3.05, 3.63) is 0 Å². The number of carbonyl (C=O) groups is 2. The van der Waals surface area contributed by atoms with Crippen LogP contribution in [0.2, 0.25) is 0 Å². The minimum atomic E-state index is -0.133. The summed E-state index contributed by atoms with van der Waals surface area (Å²) >= 11 is 0. The molecule has 0 amide bonds. The Morgan fingerprint density at radius 3 is 2.00 bits per heavy atom. The molecule has 1 rings (SSSR count). The number of hydrogen-bond donors (Lipinski definition) is 0. The summed E-state index contributed by atoms with van der Waals surface area (Å²) in [5, 5.41) is 0. The normalized spacial score (nSPS) is 20.8. The minimum Gasteiger partial charge on any atom is -0.495 e. The van der Waals surface area contributed by atoms with Gasteiger partial charge in [0.2, 0.25) is 0 Å². The van der Waals surface area contributed by atoms with E-state index in [4.69, 9.17) is 0 Å². The monoisotopic (exact) mass is 129 g/mol. The molecule has 3 heteroatoms. The van der Waals surface area contributed by atoms with Crippen LogP contribution in [-0.4, -0.2) is 19.0 Å². The molecule has 0 aromatic rings. The number of cyclic esters (lactones) is 2. The Morgan fingerprint density at radius 1 is 1.22 bits per heavy atom. The lowest BCUT2D eigenvalue weighted by atomic mass is 10.2. The lowest BCUT2D eigenvalue weighted by Crippen LogP contribution is -2.28. The van der Waals surface area contributed by atoms with Crippen molar-refractivity contribution in [1.29, 1.82) is 0 Å². The first-order chi connectivity index (χ1) is 4.22. The molecule has 0 bridgehead atoms. The second-order valence-corrected chi connectivity index (χ2v) is 2.11. The van der Waals surface area contributed by atoms with E-state index >= 15 is 0 Å². The van der Waals surface area contributed by atoms with Gasteiger partial charge >= 0.3 is 11.9 Å². The minimum absolute atomic E-state index is 0.133. The summed E-state index contributed by atoms with van der Waals surface area (Å²) in [4.78, 5) is 21.3. The highest BCUT2D eigenvalue weighted by atomic mass is 16.7. The molecule has 9 heavy (non-hydrogen) atoms. The van der Waals surface area contributed by atoms with Crippen LogP contribution < -0.4 is 0 Å². The molecular weight excluding hydrogens is 120 g/mol. The van der Waals surface area contributed by atoms with Gasteiger partial charge in [-0.15, -0.1) is 0 Å². The van der Waals surface area contributed by atoms with Gasteiger partial charge in [0.15, 0.2) is 0 Å². The average Bonchev–Trinajstić information content (AvgIpc) is 1.83. The Labute approximate surface area is 53.3 Å². The van der Waals surface area contributed by atoms with E-state index in [1.807, 2.05) is 4.37 Å². The van der Waals surface area contributed by atoms with E-state index in [1.165, 1.54) is 7.11 Å². The molecule has 1 aliphatic rings. The van der Waals surface area contributed by atoms with Crippen molar-refractivity contribution in [3.63, 3.8) is 0 Å². The third-order valence-electron chi connectivity index (χ3n) is 1.44. The topological polar surface area (TPSA) is 36.8 Å². The first-order valence-electron chi connectivity index (χ1n) is 2.93. The highest BCUT2D eigenvalue weighted by molar-refractivity contribution is 5.90. The Kier molecular flexibility index (Phi) is 1.51. The molecule has 1 heterocycles. The molecule has 0 saturated carbocycles. The lowest BCUT2D eigenvalue weighted by molar-refractivity contribution is -0.194. The van der Waals surface area contributed by atoms with E-state index in [1.54, 1.807) is 0 Å². The fourth-order valence-corrected chi connectivity index (χ4v) is 0.810. The lowest BCUT2D eigenvalue weighted by Gasteiger charge is -2.17. The van der Waals surface area contributed by atoms with Crippen LogP contribution in [-0.2, 0) is 14.0 Å². The molecule has 0 atom stereocenters. The molecule has 1 aliphatic heterocycles. The summed E-state index contributed by atoms with van der Waals surface area (Å²) in [6.45, 7) is 0. The molecule has 0 radical (unpaired) electrons. The van der Waals surface area contributed by atoms with E-state index in [0.717, 1.165) is 0 Å². The van der Waals surface area contributed by atoms with Gasteiger partial charge in [-0.05, 0) is 6.42 Å². The van der Waals surface area contributed by atoms with Crippen molar-refractivity contribution < 1.29 is 14.0 Å². The third-order valence-corrected chi connectivity index (χ3v) is 1.44. The average molecular weight is 129 g/mol. The number of hydrogen-bond acceptors (Lipinski definition) is 2. The molecule has 0 aliphatic carbocycles. The summed E-state index contributed by atoms with van der Waals surface area (Å²) in [7, 11) is 1.45. The second kappa shape index (κ2) is 2.17. The van der Waals surface area contributed by atoms with Crippen LogP contribution in [0.4, 0.5) is 0 Å². The van der Waals surface area contributed by atoms with Gasteiger partial charge in [0.1, 0.15) is 0 Å².